The fourth-order valence-corrected chi connectivity index (χ4v) is 7.14. The van der Waals surface area contributed by atoms with E-state index < -0.39 is 0 Å². The first kappa shape index (κ1) is 35.0. The van der Waals surface area contributed by atoms with Crippen molar-refractivity contribution in [3.63, 3.8) is 0 Å². The Hall–Kier alpha value is 0. The fourth-order valence-electron chi connectivity index (χ4n) is 7.14. The van der Waals surface area contributed by atoms with Crippen molar-refractivity contribution in [2.24, 2.45) is 5.41 Å². The van der Waals surface area contributed by atoms with Gasteiger partial charge in [0.2, 0.25) is 0 Å². The van der Waals surface area contributed by atoms with E-state index in [2.05, 4.69) is 13.8 Å². The van der Waals surface area contributed by atoms with Crippen molar-refractivity contribution in [3.05, 3.63) is 0 Å². The van der Waals surface area contributed by atoms with Crippen molar-refractivity contribution in [1.82, 2.24) is 0 Å². The van der Waals surface area contributed by atoms with Crippen LogP contribution in [0.3, 0.4) is 0 Å². The minimum absolute atomic E-state index is 0.772. The highest BCUT2D eigenvalue weighted by Crippen LogP contribution is 2.46. The molecule has 37 heavy (non-hydrogen) atoms. The zero-order valence-electron chi connectivity index (χ0n) is 26.5. The van der Waals surface area contributed by atoms with Crippen LogP contribution in [0, 0.1) is 5.41 Å². The van der Waals surface area contributed by atoms with Crippen molar-refractivity contribution < 1.29 is 0 Å². The lowest BCUT2D eigenvalue weighted by Crippen LogP contribution is -2.16. The third kappa shape index (κ3) is 22.5. The highest BCUT2D eigenvalue weighted by atomic mass is 14.4. The first-order valence-electron chi connectivity index (χ1n) is 18.3. The van der Waals surface area contributed by atoms with E-state index >= 15 is 0 Å². The van der Waals surface area contributed by atoms with E-state index in [1.165, 1.54) is 193 Å². The van der Waals surface area contributed by atoms with Crippen molar-refractivity contribution >= 4 is 0 Å². The van der Waals surface area contributed by atoms with Crippen molar-refractivity contribution in [2.45, 2.75) is 232 Å². The molecule has 222 valence electrons. The van der Waals surface area contributed by atoms with Gasteiger partial charge in [-0.3, -0.25) is 0 Å². The smallest absolute Gasteiger partial charge is 0.0297 e. The third-order valence-corrected chi connectivity index (χ3v) is 9.79. The van der Waals surface area contributed by atoms with Crippen LogP contribution < -0.4 is 0 Å². The third-order valence-electron chi connectivity index (χ3n) is 9.79. The predicted octanol–water partition coefficient (Wildman–Crippen LogP) is 14.3. The van der Waals surface area contributed by atoms with Gasteiger partial charge >= 0.3 is 0 Å². The summed E-state index contributed by atoms with van der Waals surface area (Å²) in [6.07, 6.45) is 50.9. The highest BCUT2D eigenvalue weighted by molar-refractivity contribution is 4.84. The molecule has 0 heteroatoms. The monoisotopic (exact) mass is 519 g/mol. The van der Waals surface area contributed by atoms with Gasteiger partial charge in [-0.05, 0) is 31.1 Å². The van der Waals surface area contributed by atoms with Crippen LogP contribution >= 0.6 is 0 Å². The average Bonchev–Trinajstić information content (AvgIpc) is 3.38. The Kier molecular flexibility index (Phi) is 26.1. The summed E-state index contributed by atoms with van der Waals surface area (Å²) in [4.78, 5) is 0. The van der Waals surface area contributed by atoms with Gasteiger partial charge in [0.05, 0.1) is 0 Å². The van der Waals surface area contributed by atoms with E-state index in [0.717, 1.165) is 5.41 Å². The molecule has 0 aromatic carbocycles. The molecule has 0 N–H and O–H groups in total. The highest BCUT2D eigenvalue weighted by Gasteiger charge is 2.32. The van der Waals surface area contributed by atoms with Crippen LogP contribution in [0.1, 0.15) is 232 Å². The average molecular weight is 519 g/mol. The molecule has 0 heterocycles. The lowest BCUT2D eigenvalue weighted by Gasteiger charge is -2.29. The molecular weight excluding hydrogens is 444 g/mol. The molecule has 0 saturated heterocycles. The van der Waals surface area contributed by atoms with Gasteiger partial charge in [-0.15, -0.1) is 0 Å². The standard InChI is InChI=1S/C37H74/c1-3-5-7-9-11-13-15-17-19-21-23-25-27-29-33-37(35-31-32-36-37)34-30-28-26-24-22-20-18-16-14-12-10-8-6-4-2/h3-36H2,1-2H3. The number of hydrogen-bond donors (Lipinski definition) is 0. The second-order valence-electron chi connectivity index (χ2n) is 13.4. The molecule has 0 aliphatic heterocycles. The van der Waals surface area contributed by atoms with Gasteiger partial charge in [0.1, 0.15) is 0 Å². The molecule has 0 unspecified atom stereocenters. The Morgan fingerprint density at radius 3 is 0.757 bits per heavy atom. The van der Waals surface area contributed by atoms with E-state index in [1.54, 1.807) is 25.7 Å². The summed E-state index contributed by atoms with van der Waals surface area (Å²) in [5.74, 6) is 0. The Morgan fingerprint density at radius 1 is 0.297 bits per heavy atom. The van der Waals surface area contributed by atoms with Crippen LogP contribution in [-0.2, 0) is 0 Å². The molecule has 0 atom stereocenters. The molecule has 0 bridgehead atoms. The molecule has 0 aromatic rings. The van der Waals surface area contributed by atoms with Crippen LogP contribution in [0.25, 0.3) is 0 Å². The summed E-state index contributed by atoms with van der Waals surface area (Å²) in [6.45, 7) is 4.63. The second-order valence-corrected chi connectivity index (χ2v) is 13.4. The topological polar surface area (TPSA) is 0 Å². The molecule has 1 saturated carbocycles. The van der Waals surface area contributed by atoms with Crippen LogP contribution in [0.4, 0.5) is 0 Å². The molecule has 1 fully saturated rings. The largest absolute Gasteiger partial charge is 0.0654 e. The first-order valence-corrected chi connectivity index (χ1v) is 18.3. The van der Waals surface area contributed by atoms with Gasteiger partial charge in [0, 0.05) is 0 Å². The minimum Gasteiger partial charge on any atom is -0.0654 e. The Morgan fingerprint density at radius 2 is 0.514 bits per heavy atom. The molecule has 0 spiro atoms. The van der Waals surface area contributed by atoms with Gasteiger partial charge in [0.25, 0.3) is 0 Å². The zero-order chi connectivity index (χ0) is 26.5. The first-order chi connectivity index (χ1) is 18.3. The Labute approximate surface area is 237 Å². The maximum absolute atomic E-state index is 2.31. The van der Waals surface area contributed by atoms with Gasteiger partial charge in [0.15, 0.2) is 0 Å². The van der Waals surface area contributed by atoms with Crippen LogP contribution in [0.2, 0.25) is 0 Å². The van der Waals surface area contributed by atoms with Gasteiger partial charge in [-0.1, -0.05) is 206 Å². The summed E-state index contributed by atoms with van der Waals surface area (Å²) in [6, 6.07) is 0. The summed E-state index contributed by atoms with van der Waals surface area (Å²) in [5.41, 5.74) is 0.772. The normalized spacial score (nSPS) is 15.1. The lowest BCUT2D eigenvalue weighted by molar-refractivity contribution is 0.229. The van der Waals surface area contributed by atoms with Crippen molar-refractivity contribution in [3.8, 4) is 0 Å². The Balaban J connectivity index is 1.87. The number of hydrogen-bond acceptors (Lipinski definition) is 0. The quantitative estimate of drug-likeness (QED) is 0.0829. The summed E-state index contributed by atoms with van der Waals surface area (Å²) in [7, 11) is 0. The lowest BCUT2D eigenvalue weighted by atomic mass is 9.76. The number of rotatable bonds is 30. The van der Waals surface area contributed by atoms with Crippen LogP contribution in [0.5, 0.6) is 0 Å². The number of unbranched alkanes of at least 4 members (excludes halogenated alkanes) is 26. The summed E-state index contributed by atoms with van der Waals surface area (Å²) < 4.78 is 0. The fraction of sp³-hybridized carbons (Fsp3) is 1.00. The van der Waals surface area contributed by atoms with Crippen LogP contribution in [-0.4, -0.2) is 0 Å². The molecule has 1 rings (SSSR count). The molecule has 1 aliphatic carbocycles. The minimum atomic E-state index is 0.772. The molecule has 0 amide bonds. The zero-order valence-corrected chi connectivity index (χ0v) is 26.5. The predicted molar refractivity (Wildman–Crippen MR) is 171 cm³/mol. The van der Waals surface area contributed by atoms with Crippen molar-refractivity contribution in [2.75, 3.05) is 0 Å². The molecule has 0 radical (unpaired) electrons. The molecule has 0 nitrogen and oxygen atoms in total. The maximum atomic E-state index is 2.31. The molecule has 0 aromatic heterocycles. The summed E-state index contributed by atoms with van der Waals surface area (Å²) >= 11 is 0. The van der Waals surface area contributed by atoms with E-state index in [0.29, 0.717) is 0 Å². The van der Waals surface area contributed by atoms with Gasteiger partial charge < -0.3 is 0 Å². The maximum Gasteiger partial charge on any atom is -0.0297 e. The molecular formula is C37H74. The Bertz CT molecular complexity index is 384. The summed E-state index contributed by atoms with van der Waals surface area (Å²) in [5, 5.41) is 0. The van der Waals surface area contributed by atoms with Crippen LogP contribution in [0.15, 0.2) is 0 Å². The van der Waals surface area contributed by atoms with E-state index in [-0.39, 0.29) is 0 Å². The van der Waals surface area contributed by atoms with E-state index in [1.807, 2.05) is 0 Å². The molecule has 1 aliphatic rings. The van der Waals surface area contributed by atoms with Gasteiger partial charge in [-0.2, -0.15) is 0 Å². The second kappa shape index (κ2) is 27.6. The van der Waals surface area contributed by atoms with Gasteiger partial charge in [-0.25, -0.2) is 0 Å². The SMILES string of the molecule is CCCCCCCCCCCCCCCCC1(CCCCCCCCCCCCCCCC)CCCC1. The van der Waals surface area contributed by atoms with Crippen molar-refractivity contribution in [1.29, 1.82) is 0 Å². The van der Waals surface area contributed by atoms with E-state index in [4.69, 9.17) is 0 Å². The van der Waals surface area contributed by atoms with E-state index in [9.17, 15) is 0 Å².